The molecule has 0 aromatic heterocycles. The zero-order valence-corrected chi connectivity index (χ0v) is 30.7. The van der Waals surface area contributed by atoms with Crippen molar-refractivity contribution in [3.05, 3.63) is 11.6 Å². The molecule has 266 valence electrons. The number of allylic oxidation sites excluding steroid dienone is 1. The van der Waals surface area contributed by atoms with Gasteiger partial charge in [-0.2, -0.15) is 0 Å². The molecule has 0 aromatic rings. The van der Waals surface area contributed by atoms with Crippen molar-refractivity contribution in [2.75, 3.05) is 47.0 Å². The van der Waals surface area contributed by atoms with Crippen LogP contribution in [0.25, 0.3) is 0 Å². The number of fused-ring (bicyclic) bond motifs is 3. The first-order valence-corrected chi connectivity index (χ1v) is 18.0. The van der Waals surface area contributed by atoms with E-state index in [1.54, 1.807) is 0 Å². The summed E-state index contributed by atoms with van der Waals surface area (Å²) in [6.07, 6.45) is 4.85. The van der Waals surface area contributed by atoms with Crippen molar-refractivity contribution in [2.24, 2.45) is 68.3 Å². The van der Waals surface area contributed by atoms with Gasteiger partial charge in [-0.05, 0) is 93.3 Å². The summed E-state index contributed by atoms with van der Waals surface area (Å²) in [6, 6.07) is 0. The Labute approximate surface area is 282 Å². The Balaban J connectivity index is 1.59. The second-order valence-electron chi connectivity index (χ2n) is 17.7. The first kappa shape index (κ1) is 36.5. The van der Waals surface area contributed by atoms with Crippen LogP contribution in [-0.2, 0) is 28.6 Å². The highest BCUT2D eigenvalue weighted by Gasteiger charge is 2.74. The van der Waals surface area contributed by atoms with Crippen LogP contribution in [0.1, 0.15) is 87.5 Å². The van der Waals surface area contributed by atoms with Crippen molar-refractivity contribution in [1.29, 1.82) is 0 Å². The van der Waals surface area contributed by atoms with Gasteiger partial charge in [0.05, 0.1) is 25.7 Å². The fourth-order valence-corrected chi connectivity index (χ4v) is 11.9. The Morgan fingerprint density at radius 2 is 1.79 bits per heavy atom. The normalized spacial score (nSPS) is 44.1. The third-order valence-electron chi connectivity index (χ3n) is 14.7. The van der Waals surface area contributed by atoms with Gasteiger partial charge < -0.3 is 30.0 Å². The van der Waals surface area contributed by atoms with Crippen LogP contribution >= 0.6 is 0 Å². The Hall–Kier alpha value is -1.81. The molecule has 3 N–H and O–H groups in total. The van der Waals surface area contributed by atoms with Gasteiger partial charge in [0.1, 0.15) is 12.2 Å². The number of ether oxygens (including phenoxy) is 3. The number of rotatable bonds is 10. The quantitative estimate of drug-likeness (QED) is 0.304. The molecule has 9 nitrogen and oxygen atoms in total. The molecule has 4 fully saturated rings. The minimum absolute atomic E-state index is 0.0327. The fourth-order valence-electron chi connectivity index (χ4n) is 11.9. The molecule has 0 aromatic carbocycles. The number of carbonyl (C=O) groups excluding carboxylic acids is 2. The summed E-state index contributed by atoms with van der Waals surface area (Å²) in [5.74, 6) is -1.31. The lowest BCUT2D eigenvalue weighted by Crippen LogP contribution is -2.71. The highest BCUT2D eigenvalue weighted by atomic mass is 16.6. The minimum atomic E-state index is -1.05. The summed E-state index contributed by atoms with van der Waals surface area (Å²) >= 11 is 0. The van der Waals surface area contributed by atoms with Gasteiger partial charge in [-0.1, -0.05) is 54.0 Å². The van der Waals surface area contributed by atoms with E-state index in [-0.39, 0.29) is 41.5 Å². The van der Waals surface area contributed by atoms with E-state index in [1.165, 1.54) is 6.92 Å². The van der Waals surface area contributed by atoms with Gasteiger partial charge in [0.15, 0.2) is 5.78 Å². The zero-order chi connectivity index (χ0) is 34.9. The van der Waals surface area contributed by atoms with Crippen molar-refractivity contribution in [1.82, 2.24) is 4.90 Å². The van der Waals surface area contributed by atoms with E-state index in [1.807, 2.05) is 27.1 Å². The van der Waals surface area contributed by atoms with E-state index in [0.717, 1.165) is 37.8 Å². The number of aliphatic carboxylic acids is 1. The average Bonchev–Trinajstić information content (AvgIpc) is 2.96. The second kappa shape index (κ2) is 12.5. The van der Waals surface area contributed by atoms with E-state index in [0.29, 0.717) is 38.7 Å². The predicted molar refractivity (Wildman–Crippen MR) is 180 cm³/mol. The SMILES string of the molecule is CC(=O)O[C@@H]1C[C@@]23COC[C@@](C)([C@@H]2CC[C@H]2C3=CC(=O)[C@@]3(C)[C@H](C(=O)O)[C@@](C)([C@H](C)C(C)C)CC[C@]23C)[C@H]1OCC(CN)CN(C)C. The monoisotopic (exact) mass is 658 g/mol. The second-order valence-corrected chi connectivity index (χ2v) is 17.7. The maximum Gasteiger partial charge on any atom is 0.308 e. The van der Waals surface area contributed by atoms with Gasteiger partial charge in [-0.3, -0.25) is 14.4 Å². The van der Waals surface area contributed by atoms with Crippen molar-refractivity contribution < 1.29 is 33.7 Å². The number of nitrogens with zero attached hydrogens (tertiary/aromatic N) is 1. The third kappa shape index (κ3) is 5.36. The summed E-state index contributed by atoms with van der Waals surface area (Å²) in [7, 11) is 4.05. The number of hydrogen-bond donors (Lipinski definition) is 2. The van der Waals surface area contributed by atoms with Crippen molar-refractivity contribution in [3.8, 4) is 0 Å². The molecule has 47 heavy (non-hydrogen) atoms. The molecule has 5 aliphatic rings. The van der Waals surface area contributed by atoms with E-state index in [2.05, 4.69) is 46.4 Å². The molecule has 3 saturated carbocycles. The van der Waals surface area contributed by atoms with Crippen molar-refractivity contribution in [3.63, 3.8) is 0 Å². The first-order valence-electron chi connectivity index (χ1n) is 18.0. The molecular formula is C38H62N2O7. The van der Waals surface area contributed by atoms with Gasteiger partial charge in [0.25, 0.3) is 0 Å². The Kier molecular flexibility index (Phi) is 9.70. The maximum atomic E-state index is 14.8. The fraction of sp³-hybridized carbons (Fsp3) is 0.868. The third-order valence-corrected chi connectivity index (χ3v) is 14.7. The largest absolute Gasteiger partial charge is 0.481 e. The van der Waals surface area contributed by atoms with Gasteiger partial charge >= 0.3 is 11.9 Å². The zero-order valence-electron chi connectivity index (χ0n) is 30.7. The average molecular weight is 659 g/mol. The van der Waals surface area contributed by atoms with Crippen LogP contribution in [-0.4, -0.2) is 86.9 Å². The van der Waals surface area contributed by atoms with Gasteiger partial charge in [0, 0.05) is 35.6 Å². The summed E-state index contributed by atoms with van der Waals surface area (Å²) in [5, 5.41) is 10.9. The Bertz CT molecular complexity index is 1280. The van der Waals surface area contributed by atoms with Crippen molar-refractivity contribution >= 4 is 17.7 Å². The maximum absolute atomic E-state index is 14.8. The van der Waals surface area contributed by atoms with Crippen LogP contribution in [0.2, 0.25) is 0 Å². The number of carboxylic acid groups (broad SMARTS) is 1. The van der Waals surface area contributed by atoms with Gasteiger partial charge in [0.2, 0.25) is 0 Å². The smallest absolute Gasteiger partial charge is 0.308 e. The van der Waals surface area contributed by atoms with E-state index >= 15 is 0 Å². The molecule has 1 saturated heterocycles. The standard InChI is InChI=1S/C38H62N2O7/c1-22(2)23(3)34(5)13-14-36(7)26-11-12-29-35(6)20-45-21-38(29,27(26)15-30(42)37(36,8)31(34)33(43)44)16-28(47-24(4)41)32(35)46-19-25(17-39)18-40(9)10/h15,22-23,25-26,28-29,31-32H,11-14,16-21,39H2,1-10H3,(H,43,44)/t23-,25?,26+,28-,29+,31-,32+,34-,35+,36-,37+,38+/m1/s1. The molecule has 1 aliphatic heterocycles. The first-order chi connectivity index (χ1) is 21.8. The molecule has 12 atom stereocenters. The van der Waals surface area contributed by atoms with Crippen LogP contribution in [0.4, 0.5) is 0 Å². The highest BCUT2D eigenvalue weighted by molar-refractivity contribution is 6.00. The molecule has 0 spiro atoms. The lowest BCUT2D eigenvalue weighted by Gasteiger charge is -2.70. The van der Waals surface area contributed by atoms with Crippen LogP contribution in [0.5, 0.6) is 0 Å². The topological polar surface area (TPSA) is 128 Å². The van der Waals surface area contributed by atoms with Crippen LogP contribution < -0.4 is 5.73 Å². The van der Waals surface area contributed by atoms with E-state index < -0.39 is 45.1 Å². The number of carbonyl (C=O) groups is 3. The molecule has 1 unspecified atom stereocenters. The minimum Gasteiger partial charge on any atom is -0.481 e. The predicted octanol–water partition coefficient (Wildman–Crippen LogP) is 5.21. The van der Waals surface area contributed by atoms with Crippen LogP contribution in [0, 0.1) is 62.6 Å². The summed E-state index contributed by atoms with van der Waals surface area (Å²) in [5.41, 5.74) is 4.18. The molecule has 5 rings (SSSR count). The van der Waals surface area contributed by atoms with Gasteiger partial charge in [-0.25, -0.2) is 0 Å². The molecule has 2 bridgehead atoms. The lowest BCUT2D eigenvalue weighted by atomic mass is 9.34. The number of nitrogens with two attached hydrogens (primary N) is 1. The summed E-state index contributed by atoms with van der Waals surface area (Å²) in [6.45, 7) is 19.1. The summed E-state index contributed by atoms with van der Waals surface area (Å²) in [4.78, 5) is 42.9. The van der Waals surface area contributed by atoms with Gasteiger partial charge in [-0.15, -0.1) is 0 Å². The molecule has 9 heteroatoms. The number of esters is 1. The van der Waals surface area contributed by atoms with Crippen LogP contribution in [0.3, 0.4) is 0 Å². The van der Waals surface area contributed by atoms with Crippen molar-refractivity contribution in [2.45, 2.75) is 99.7 Å². The number of hydrogen-bond acceptors (Lipinski definition) is 8. The van der Waals surface area contributed by atoms with Crippen LogP contribution in [0.15, 0.2) is 11.6 Å². The Morgan fingerprint density at radius 1 is 1.11 bits per heavy atom. The van der Waals surface area contributed by atoms with E-state index in [9.17, 15) is 19.5 Å². The Morgan fingerprint density at radius 3 is 2.36 bits per heavy atom. The summed E-state index contributed by atoms with van der Waals surface area (Å²) < 4.78 is 19.4. The molecule has 0 amide bonds. The highest BCUT2D eigenvalue weighted by Crippen LogP contribution is 2.74. The molecule has 4 aliphatic carbocycles. The molecular weight excluding hydrogens is 596 g/mol. The lowest BCUT2D eigenvalue weighted by molar-refractivity contribution is -0.267. The van der Waals surface area contributed by atoms with E-state index in [4.69, 9.17) is 19.9 Å². The molecule has 1 heterocycles. The number of ketones is 1. The number of carboxylic acids is 1. The molecule has 0 radical (unpaired) electrons.